The van der Waals surface area contributed by atoms with E-state index in [-0.39, 0.29) is 0 Å². The highest BCUT2D eigenvalue weighted by molar-refractivity contribution is 5.89. The fraction of sp³-hybridized carbons (Fsp3) is 0.250. The molecule has 0 aliphatic carbocycles. The van der Waals surface area contributed by atoms with E-state index in [4.69, 9.17) is 0 Å². The van der Waals surface area contributed by atoms with Crippen molar-refractivity contribution in [2.45, 2.75) is 19.9 Å². The predicted octanol–water partition coefficient (Wildman–Crippen LogP) is 3.96. The first-order valence-electron chi connectivity index (χ1n) is 8.11. The number of rotatable bonds is 2. The molecular formula is C20H21N3. The molecule has 3 heterocycles. The largest absolute Gasteiger partial charge is 0.320 e. The molecule has 0 saturated heterocycles. The molecule has 0 amide bonds. The molecule has 0 unspecified atom stereocenters. The lowest BCUT2D eigenvalue weighted by atomic mass is 10.0. The number of aryl methyl sites for hydroxylation is 1. The maximum absolute atomic E-state index is 4.19. The average Bonchev–Trinajstić information content (AvgIpc) is 2.86. The van der Waals surface area contributed by atoms with Crippen LogP contribution in [0.5, 0.6) is 0 Å². The number of benzene rings is 1. The Bertz CT molecular complexity index is 875. The van der Waals surface area contributed by atoms with Crippen LogP contribution in [0.1, 0.15) is 22.4 Å². The topological polar surface area (TPSA) is 21.1 Å². The van der Waals surface area contributed by atoms with Gasteiger partial charge in [-0.25, -0.2) is 0 Å². The maximum Gasteiger partial charge on any atom is 0.0528 e. The van der Waals surface area contributed by atoms with Gasteiger partial charge in [-0.05, 0) is 49.4 Å². The van der Waals surface area contributed by atoms with Crippen LogP contribution in [0.3, 0.4) is 0 Å². The molecule has 0 saturated carbocycles. The average molecular weight is 303 g/mol. The molecular weight excluding hydrogens is 282 g/mol. The standard InChI is InChI=1S/C20H21N3/c1-15-5-6-19-17(12-15)18-14-22(2)10-8-20(18)23(19)11-7-16-4-3-9-21-13-16/h3-7,9,11-13H,8,10,14H2,1-2H3. The Morgan fingerprint density at radius 2 is 2.13 bits per heavy atom. The number of hydrogen-bond acceptors (Lipinski definition) is 2. The lowest BCUT2D eigenvalue weighted by Crippen LogP contribution is -2.26. The van der Waals surface area contributed by atoms with E-state index in [0.717, 1.165) is 25.1 Å². The lowest BCUT2D eigenvalue weighted by Gasteiger charge is -2.23. The van der Waals surface area contributed by atoms with Crippen molar-refractivity contribution in [3.05, 3.63) is 65.1 Å². The summed E-state index contributed by atoms with van der Waals surface area (Å²) in [6.07, 6.45) is 9.14. The third-order valence-electron chi connectivity index (χ3n) is 4.63. The van der Waals surface area contributed by atoms with Crippen LogP contribution in [0.15, 0.2) is 42.7 Å². The minimum atomic E-state index is 1.03. The van der Waals surface area contributed by atoms with Gasteiger partial charge in [0.15, 0.2) is 0 Å². The van der Waals surface area contributed by atoms with Gasteiger partial charge in [-0.2, -0.15) is 0 Å². The summed E-state index contributed by atoms with van der Waals surface area (Å²) in [5.74, 6) is 0. The van der Waals surface area contributed by atoms with E-state index in [1.54, 1.807) is 0 Å². The van der Waals surface area contributed by atoms with Crippen LogP contribution >= 0.6 is 0 Å². The van der Waals surface area contributed by atoms with Gasteiger partial charge in [-0.1, -0.05) is 17.7 Å². The molecule has 3 aromatic rings. The van der Waals surface area contributed by atoms with Crippen molar-refractivity contribution in [2.24, 2.45) is 0 Å². The second kappa shape index (κ2) is 5.67. The predicted molar refractivity (Wildman–Crippen MR) is 96.2 cm³/mol. The number of fused-ring (bicyclic) bond motifs is 3. The summed E-state index contributed by atoms with van der Waals surface area (Å²) in [6, 6.07) is 10.8. The zero-order chi connectivity index (χ0) is 15.8. The first-order valence-corrected chi connectivity index (χ1v) is 8.11. The van der Waals surface area contributed by atoms with E-state index < -0.39 is 0 Å². The van der Waals surface area contributed by atoms with Crippen LogP contribution in [-0.4, -0.2) is 28.0 Å². The number of likely N-dealkylation sites (N-methyl/N-ethyl adjacent to an activating group) is 1. The summed E-state index contributed by atoms with van der Waals surface area (Å²) in [7, 11) is 2.20. The summed E-state index contributed by atoms with van der Waals surface area (Å²) in [5.41, 5.74) is 6.68. The summed E-state index contributed by atoms with van der Waals surface area (Å²) in [6.45, 7) is 4.31. The van der Waals surface area contributed by atoms with Crippen LogP contribution in [0.2, 0.25) is 0 Å². The number of pyridine rings is 1. The Morgan fingerprint density at radius 1 is 1.22 bits per heavy atom. The van der Waals surface area contributed by atoms with Crippen molar-refractivity contribution in [1.29, 1.82) is 0 Å². The van der Waals surface area contributed by atoms with Crippen molar-refractivity contribution >= 4 is 23.2 Å². The number of nitrogens with zero attached hydrogens (tertiary/aromatic N) is 3. The van der Waals surface area contributed by atoms with Crippen LogP contribution in [0.4, 0.5) is 0 Å². The van der Waals surface area contributed by atoms with Crippen molar-refractivity contribution in [3.8, 4) is 0 Å². The summed E-state index contributed by atoms with van der Waals surface area (Å²) in [4.78, 5) is 6.59. The Labute approximate surface area is 136 Å². The molecule has 1 aliphatic rings. The molecule has 3 nitrogen and oxygen atoms in total. The second-order valence-electron chi connectivity index (χ2n) is 6.41. The number of aromatic nitrogens is 2. The Balaban J connectivity index is 1.87. The van der Waals surface area contributed by atoms with Crippen LogP contribution in [0, 0.1) is 6.92 Å². The van der Waals surface area contributed by atoms with Gasteiger partial charge in [0, 0.05) is 49.2 Å². The molecule has 4 rings (SSSR count). The van der Waals surface area contributed by atoms with E-state index in [2.05, 4.69) is 65.0 Å². The van der Waals surface area contributed by atoms with E-state index in [0.29, 0.717) is 0 Å². The van der Waals surface area contributed by atoms with Gasteiger partial charge in [0.05, 0.1) is 5.52 Å². The summed E-state index contributed by atoms with van der Waals surface area (Å²) in [5, 5.41) is 1.39. The van der Waals surface area contributed by atoms with Crippen molar-refractivity contribution < 1.29 is 0 Å². The summed E-state index contributed by atoms with van der Waals surface area (Å²) >= 11 is 0. The Morgan fingerprint density at radius 3 is 2.96 bits per heavy atom. The fourth-order valence-corrected chi connectivity index (χ4v) is 3.45. The van der Waals surface area contributed by atoms with Crippen LogP contribution in [-0.2, 0) is 13.0 Å². The zero-order valence-corrected chi connectivity index (χ0v) is 13.7. The van der Waals surface area contributed by atoms with E-state index in [1.807, 2.05) is 18.5 Å². The first-order chi connectivity index (χ1) is 11.2. The molecule has 0 N–H and O–H groups in total. The summed E-state index contributed by atoms with van der Waals surface area (Å²) < 4.78 is 2.37. The lowest BCUT2D eigenvalue weighted by molar-refractivity contribution is 0.312. The van der Waals surface area contributed by atoms with E-state index in [9.17, 15) is 0 Å². The first kappa shape index (κ1) is 14.2. The van der Waals surface area contributed by atoms with Gasteiger partial charge < -0.3 is 9.47 Å². The number of hydrogen-bond donors (Lipinski definition) is 0. The molecule has 0 spiro atoms. The molecule has 1 aromatic carbocycles. The Kier molecular flexibility index (Phi) is 3.50. The van der Waals surface area contributed by atoms with Gasteiger partial charge in [0.25, 0.3) is 0 Å². The molecule has 1 aliphatic heterocycles. The smallest absolute Gasteiger partial charge is 0.0528 e. The molecule has 0 radical (unpaired) electrons. The van der Waals surface area contributed by atoms with Gasteiger partial charge in [0.2, 0.25) is 0 Å². The van der Waals surface area contributed by atoms with Gasteiger partial charge in [-0.3, -0.25) is 4.98 Å². The van der Waals surface area contributed by atoms with E-state index in [1.165, 1.54) is 27.7 Å². The molecule has 0 atom stereocenters. The fourth-order valence-electron chi connectivity index (χ4n) is 3.45. The minimum Gasteiger partial charge on any atom is -0.320 e. The van der Waals surface area contributed by atoms with E-state index >= 15 is 0 Å². The van der Waals surface area contributed by atoms with Crippen LogP contribution in [0.25, 0.3) is 23.2 Å². The maximum atomic E-state index is 4.19. The quantitative estimate of drug-likeness (QED) is 0.714. The zero-order valence-electron chi connectivity index (χ0n) is 13.7. The minimum absolute atomic E-state index is 1.03. The molecule has 23 heavy (non-hydrogen) atoms. The van der Waals surface area contributed by atoms with Crippen molar-refractivity contribution in [1.82, 2.24) is 14.5 Å². The molecule has 116 valence electrons. The molecule has 0 fully saturated rings. The highest BCUT2D eigenvalue weighted by atomic mass is 15.1. The van der Waals surface area contributed by atoms with Crippen molar-refractivity contribution in [2.75, 3.05) is 13.6 Å². The van der Waals surface area contributed by atoms with Gasteiger partial charge >= 0.3 is 0 Å². The van der Waals surface area contributed by atoms with Crippen LogP contribution < -0.4 is 0 Å². The monoisotopic (exact) mass is 303 g/mol. The molecule has 3 heteroatoms. The third-order valence-corrected chi connectivity index (χ3v) is 4.63. The second-order valence-corrected chi connectivity index (χ2v) is 6.41. The normalized spacial score (nSPS) is 15.4. The SMILES string of the molecule is Cc1ccc2c(c1)c1c(n2C=Cc2cccnc2)CCN(C)C1. The highest BCUT2D eigenvalue weighted by Crippen LogP contribution is 2.31. The van der Waals surface area contributed by atoms with Crippen molar-refractivity contribution in [3.63, 3.8) is 0 Å². The van der Waals surface area contributed by atoms with Gasteiger partial charge in [-0.15, -0.1) is 0 Å². The highest BCUT2D eigenvalue weighted by Gasteiger charge is 2.21. The molecule has 0 bridgehead atoms. The molecule has 2 aromatic heterocycles. The van der Waals surface area contributed by atoms with Gasteiger partial charge in [0.1, 0.15) is 0 Å². The Hall–Kier alpha value is -2.39. The third kappa shape index (κ3) is 2.57.